The van der Waals surface area contributed by atoms with E-state index in [0.29, 0.717) is 23.4 Å². The molecule has 6 rings (SSSR count). The van der Waals surface area contributed by atoms with E-state index in [1.807, 2.05) is 79.3 Å². The van der Waals surface area contributed by atoms with Gasteiger partial charge in [-0.25, -0.2) is 9.79 Å². The molecule has 1 unspecified atom stereocenters. The lowest BCUT2D eigenvalue weighted by atomic mass is 9.84. The summed E-state index contributed by atoms with van der Waals surface area (Å²) in [6, 6.07) is 15.1. The molecule has 9 heteroatoms. The number of nitrogens with zero attached hydrogens (tertiary/aromatic N) is 4. The van der Waals surface area contributed by atoms with Crippen LogP contribution in [-0.4, -0.2) is 72.9 Å². The summed E-state index contributed by atoms with van der Waals surface area (Å²) in [6.45, 7) is 4.89. The van der Waals surface area contributed by atoms with E-state index in [9.17, 15) is 14.4 Å². The van der Waals surface area contributed by atoms with Crippen molar-refractivity contribution in [3.8, 4) is 0 Å². The molecule has 1 atom stereocenters. The number of anilines is 1. The maximum absolute atomic E-state index is 14.3. The zero-order valence-electron chi connectivity index (χ0n) is 23.9. The van der Waals surface area contributed by atoms with Crippen molar-refractivity contribution in [2.75, 3.05) is 38.6 Å². The number of benzodiazepines with no additional fused rings is 1. The van der Waals surface area contributed by atoms with Gasteiger partial charge in [-0.05, 0) is 68.6 Å². The molecule has 0 aromatic heterocycles. The van der Waals surface area contributed by atoms with Gasteiger partial charge in [0.05, 0.1) is 5.69 Å². The third-order valence-electron chi connectivity index (χ3n) is 8.29. The minimum absolute atomic E-state index is 0.0556. The van der Waals surface area contributed by atoms with Crippen molar-refractivity contribution in [3.05, 3.63) is 65.2 Å². The number of hydrogen-bond donors (Lipinski definition) is 1. The summed E-state index contributed by atoms with van der Waals surface area (Å²) in [5.74, 6) is 1.00. The van der Waals surface area contributed by atoms with Crippen molar-refractivity contribution in [1.82, 2.24) is 15.1 Å². The van der Waals surface area contributed by atoms with Crippen LogP contribution in [0.3, 0.4) is 0 Å². The minimum Gasteiger partial charge on any atom is -0.445 e. The molecule has 0 radical (unpaired) electrons. The van der Waals surface area contributed by atoms with Gasteiger partial charge in [-0.2, -0.15) is 0 Å². The van der Waals surface area contributed by atoms with Crippen LogP contribution in [0.1, 0.15) is 49.3 Å². The van der Waals surface area contributed by atoms with E-state index >= 15 is 0 Å². The lowest BCUT2D eigenvalue weighted by Crippen LogP contribution is -2.58. The monoisotopic (exact) mass is 545 g/mol. The van der Waals surface area contributed by atoms with Gasteiger partial charge >= 0.3 is 6.09 Å². The molecule has 9 nitrogen and oxygen atoms in total. The maximum Gasteiger partial charge on any atom is 0.409 e. The van der Waals surface area contributed by atoms with Crippen LogP contribution in [0.4, 0.5) is 10.5 Å². The second kappa shape index (κ2) is 11.3. The third kappa shape index (κ3) is 5.69. The van der Waals surface area contributed by atoms with Crippen LogP contribution in [0.15, 0.2) is 53.5 Å². The molecule has 2 aromatic rings. The molecule has 212 valence electrons. The standard InChI is InChI=1S/C31H39N5O4/c1-21-9-8-12-25-27(21)36(19-26(37)35-17-22-13-14-23(18-35)16-15-22)29(38)31(2,32-28(25)34(3)4)33-30(39)40-20-24-10-6-5-7-11-24/h5-12,22-23H,13-20H2,1-4H3,(H,33,39). The maximum atomic E-state index is 14.3. The normalized spacial score (nSPS) is 24.0. The molecule has 2 aromatic carbocycles. The Bertz CT molecular complexity index is 1290. The van der Waals surface area contributed by atoms with Crippen molar-refractivity contribution in [2.24, 2.45) is 16.8 Å². The number of carbonyl (C=O) groups is 3. The lowest BCUT2D eigenvalue weighted by Gasteiger charge is -2.33. The number of rotatable bonds is 5. The first-order valence-electron chi connectivity index (χ1n) is 14.1. The van der Waals surface area contributed by atoms with E-state index in [0.717, 1.165) is 55.5 Å². The van der Waals surface area contributed by atoms with Gasteiger partial charge in [-0.1, -0.05) is 42.5 Å². The molecule has 1 aliphatic carbocycles. The highest BCUT2D eigenvalue weighted by atomic mass is 16.5. The van der Waals surface area contributed by atoms with E-state index in [1.165, 1.54) is 4.90 Å². The predicted octanol–water partition coefficient (Wildman–Crippen LogP) is 3.94. The van der Waals surface area contributed by atoms with Gasteiger partial charge in [-0.15, -0.1) is 0 Å². The topological polar surface area (TPSA) is 94.5 Å². The SMILES string of the molecule is Cc1cccc2c1N(CC(=O)N1CC3CCC(CC3)C1)C(=O)C(C)(NC(=O)OCc1ccccc1)N=C2N(C)C. The molecule has 3 amide bonds. The van der Waals surface area contributed by atoms with Gasteiger partial charge in [0.25, 0.3) is 5.91 Å². The van der Waals surface area contributed by atoms with Crippen molar-refractivity contribution in [1.29, 1.82) is 0 Å². The molecule has 3 fully saturated rings. The minimum atomic E-state index is -1.70. The van der Waals surface area contributed by atoms with Crippen LogP contribution in [0.25, 0.3) is 0 Å². The fourth-order valence-electron chi connectivity index (χ4n) is 6.15. The van der Waals surface area contributed by atoms with E-state index in [-0.39, 0.29) is 19.1 Å². The highest BCUT2D eigenvalue weighted by molar-refractivity contribution is 6.15. The summed E-state index contributed by atoms with van der Waals surface area (Å²) in [5.41, 5.74) is 1.34. The van der Waals surface area contributed by atoms with Crippen LogP contribution >= 0.6 is 0 Å². The number of aryl methyl sites for hydroxylation is 1. The average molecular weight is 546 g/mol. The Morgan fingerprint density at radius 1 is 1.02 bits per heavy atom. The van der Waals surface area contributed by atoms with Gasteiger partial charge < -0.3 is 14.5 Å². The van der Waals surface area contributed by atoms with Gasteiger partial charge in [0.15, 0.2) is 0 Å². The van der Waals surface area contributed by atoms with Crippen LogP contribution in [0.5, 0.6) is 0 Å². The molecule has 3 aliphatic heterocycles. The van der Waals surface area contributed by atoms with Crippen molar-refractivity contribution >= 4 is 29.4 Å². The number of amidine groups is 1. The number of ether oxygens (including phenoxy) is 1. The van der Waals surface area contributed by atoms with Crippen LogP contribution in [-0.2, 0) is 20.9 Å². The van der Waals surface area contributed by atoms with E-state index in [2.05, 4.69) is 5.32 Å². The van der Waals surface area contributed by atoms with E-state index in [1.54, 1.807) is 6.92 Å². The summed E-state index contributed by atoms with van der Waals surface area (Å²) < 4.78 is 5.46. The Morgan fingerprint density at radius 3 is 2.30 bits per heavy atom. The molecule has 2 bridgehead atoms. The number of benzene rings is 2. The van der Waals surface area contributed by atoms with E-state index < -0.39 is 17.7 Å². The fourth-order valence-corrected chi connectivity index (χ4v) is 6.15. The Balaban J connectivity index is 1.46. The van der Waals surface area contributed by atoms with Crippen molar-refractivity contribution in [3.63, 3.8) is 0 Å². The Labute approximate surface area is 236 Å². The molecule has 3 heterocycles. The Kier molecular flexibility index (Phi) is 7.83. The number of fused-ring (bicyclic) bond motifs is 5. The second-order valence-electron chi connectivity index (χ2n) is 11.6. The smallest absolute Gasteiger partial charge is 0.409 e. The van der Waals surface area contributed by atoms with Crippen LogP contribution < -0.4 is 10.2 Å². The Morgan fingerprint density at radius 2 is 1.68 bits per heavy atom. The lowest BCUT2D eigenvalue weighted by molar-refractivity contribution is -0.132. The van der Waals surface area contributed by atoms with E-state index in [4.69, 9.17) is 9.73 Å². The molecule has 0 spiro atoms. The Hall–Kier alpha value is -3.88. The molecular weight excluding hydrogens is 506 g/mol. The molecule has 1 N–H and O–H groups in total. The van der Waals surface area contributed by atoms with Crippen molar-refractivity contribution in [2.45, 2.75) is 51.8 Å². The van der Waals surface area contributed by atoms with Crippen LogP contribution in [0.2, 0.25) is 0 Å². The van der Waals surface area contributed by atoms with Crippen LogP contribution in [0, 0.1) is 18.8 Å². The van der Waals surface area contributed by atoms with Gasteiger partial charge in [-0.3, -0.25) is 19.8 Å². The summed E-state index contributed by atoms with van der Waals surface area (Å²) in [6.07, 6.45) is 3.87. The number of hydrogen-bond acceptors (Lipinski definition) is 6. The first kappa shape index (κ1) is 27.7. The first-order valence-corrected chi connectivity index (χ1v) is 14.1. The van der Waals surface area contributed by atoms with Crippen molar-refractivity contribution < 1.29 is 19.1 Å². The predicted molar refractivity (Wildman–Crippen MR) is 154 cm³/mol. The largest absolute Gasteiger partial charge is 0.445 e. The van der Waals surface area contributed by atoms with Gasteiger partial charge in [0.2, 0.25) is 11.6 Å². The number of carbonyl (C=O) groups excluding carboxylic acids is 3. The molecule has 4 aliphatic rings. The zero-order valence-corrected chi connectivity index (χ0v) is 23.9. The highest BCUT2D eigenvalue weighted by Gasteiger charge is 2.45. The number of aliphatic imine (C=N–C) groups is 1. The summed E-state index contributed by atoms with van der Waals surface area (Å²) in [7, 11) is 3.69. The fraction of sp³-hybridized carbons (Fsp3) is 0.484. The average Bonchev–Trinajstić information content (AvgIpc) is 3.31. The quantitative estimate of drug-likeness (QED) is 0.614. The molecule has 1 saturated carbocycles. The number of nitrogens with one attached hydrogen (secondary N) is 1. The zero-order chi connectivity index (χ0) is 28.4. The third-order valence-corrected chi connectivity index (χ3v) is 8.29. The highest BCUT2D eigenvalue weighted by Crippen LogP contribution is 2.35. The summed E-state index contributed by atoms with van der Waals surface area (Å²) in [4.78, 5) is 51.2. The number of amides is 3. The van der Waals surface area contributed by atoms with Gasteiger partial charge in [0, 0.05) is 32.7 Å². The molecule has 40 heavy (non-hydrogen) atoms. The first-order chi connectivity index (χ1) is 19.1. The second-order valence-corrected chi connectivity index (χ2v) is 11.6. The summed E-state index contributed by atoms with van der Waals surface area (Å²) >= 11 is 0. The van der Waals surface area contributed by atoms with Gasteiger partial charge in [0.1, 0.15) is 19.0 Å². The number of para-hydroxylation sites is 1. The molecular formula is C31H39N5O4. The summed E-state index contributed by atoms with van der Waals surface area (Å²) in [5, 5.41) is 2.72. The molecule has 2 saturated heterocycles. The number of alkyl carbamates (subject to hydrolysis) is 1.